The van der Waals surface area contributed by atoms with E-state index in [2.05, 4.69) is 83.6 Å². The minimum Gasteiger partial charge on any atom is -0.495 e. The summed E-state index contributed by atoms with van der Waals surface area (Å²) in [6.45, 7) is 2.35. The van der Waals surface area contributed by atoms with Crippen molar-refractivity contribution in [2.24, 2.45) is 5.92 Å². The van der Waals surface area contributed by atoms with Crippen molar-refractivity contribution in [3.63, 3.8) is 0 Å². The lowest BCUT2D eigenvalue weighted by atomic mass is 9.70. The Morgan fingerprint density at radius 3 is 2.09 bits per heavy atom. The SMILES string of the molecule is COc1ccc(CO)cc1N(C)[C@@H]1C2CCN(CC2)[C@@H]1C(c1ccccc1)c1ccccc1. The van der Waals surface area contributed by atoms with Gasteiger partial charge in [0.1, 0.15) is 5.75 Å². The molecule has 3 heterocycles. The number of anilines is 1. The Hall–Kier alpha value is -2.82. The molecule has 4 heteroatoms. The first-order valence-corrected chi connectivity index (χ1v) is 12.1. The number of aliphatic hydroxyl groups excluding tert-OH is 1. The molecule has 3 fully saturated rings. The molecule has 2 bridgehead atoms. The summed E-state index contributed by atoms with van der Waals surface area (Å²) < 4.78 is 5.76. The highest BCUT2D eigenvalue weighted by atomic mass is 16.5. The number of aliphatic hydroxyl groups is 1. The first-order valence-electron chi connectivity index (χ1n) is 12.1. The topological polar surface area (TPSA) is 35.9 Å². The van der Waals surface area contributed by atoms with Crippen LogP contribution in [0.2, 0.25) is 0 Å². The second kappa shape index (κ2) is 9.58. The lowest BCUT2D eigenvalue weighted by Crippen LogP contribution is -2.65. The Morgan fingerprint density at radius 1 is 0.939 bits per heavy atom. The monoisotopic (exact) mass is 442 g/mol. The fraction of sp³-hybridized carbons (Fsp3) is 0.379. The van der Waals surface area contributed by atoms with Crippen molar-refractivity contribution in [3.8, 4) is 5.75 Å². The molecule has 3 saturated heterocycles. The minimum atomic E-state index is 0.0329. The summed E-state index contributed by atoms with van der Waals surface area (Å²) >= 11 is 0. The average Bonchev–Trinajstić information content (AvgIpc) is 2.90. The number of likely N-dealkylation sites (N-methyl/N-ethyl adjacent to an activating group) is 1. The highest BCUT2D eigenvalue weighted by molar-refractivity contribution is 5.61. The van der Waals surface area contributed by atoms with E-state index in [-0.39, 0.29) is 12.5 Å². The highest BCUT2D eigenvalue weighted by Crippen LogP contribution is 2.46. The van der Waals surface area contributed by atoms with Gasteiger partial charge in [-0.3, -0.25) is 4.90 Å². The maximum atomic E-state index is 9.79. The van der Waals surface area contributed by atoms with Gasteiger partial charge in [-0.15, -0.1) is 0 Å². The van der Waals surface area contributed by atoms with E-state index in [1.807, 2.05) is 12.1 Å². The molecule has 6 rings (SSSR count). The summed E-state index contributed by atoms with van der Waals surface area (Å²) in [6, 6.07) is 28.7. The van der Waals surface area contributed by atoms with Crippen LogP contribution in [0.1, 0.15) is 35.4 Å². The van der Waals surface area contributed by atoms with E-state index >= 15 is 0 Å². The maximum absolute atomic E-state index is 9.79. The number of hydrogen-bond donors (Lipinski definition) is 1. The van der Waals surface area contributed by atoms with Gasteiger partial charge in [0.2, 0.25) is 0 Å². The zero-order valence-corrected chi connectivity index (χ0v) is 19.6. The zero-order valence-electron chi connectivity index (χ0n) is 19.6. The van der Waals surface area contributed by atoms with Crippen molar-refractivity contribution in [3.05, 3.63) is 95.6 Å². The van der Waals surface area contributed by atoms with Crippen LogP contribution in [-0.4, -0.2) is 49.3 Å². The Labute approximate surface area is 197 Å². The minimum absolute atomic E-state index is 0.0329. The van der Waals surface area contributed by atoms with Crippen molar-refractivity contribution >= 4 is 5.69 Å². The molecular weight excluding hydrogens is 408 g/mol. The molecule has 172 valence electrons. The lowest BCUT2D eigenvalue weighted by molar-refractivity contribution is 0.0185. The summed E-state index contributed by atoms with van der Waals surface area (Å²) in [5, 5.41) is 9.79. The molecule has 2 atom stereocenters. The number of ether oxygens (including phenoxy) is 1. The molecule has 0 spiro atoms. The molecule has 0 radical (unpaired) electrons. The molecule has 0 unspecified atom stereocenters. The number of fused-ring (bicyclic) bond motifs is 3. The molecule has 4 nitrogen and oxygen atoms in total. The molecule has 33 heavy (non-hydrogen) atoms. The van der Waals surface area contributed by atoms with Crippen LogP contribution in [0.25, 0.3) is 0 Å². The highest BCUT2D eigenvalue weighted by Gasteiger charge is 2.48. The van der Waals surface area contributed by atoms with Gasteiger partial charge in [0.15, 0.2) is 0 Å². The van der Waals surface area contributed by atoms with E-state index in [1.54, 1.807) is 7.11 Å². The average molecular weight is 443 g/mol. The van der Waals surface area contributed by atoms with Crippen LogP contribution in [-0.2, 0) is 6.61 Å². The van der Waals surface area contributed by atoms with E-state index in [1.165, 1.54) is 24.0 Å². The normalized spacial score (nSPS) is 24.1. The molecule has 1 N–H and O–H groups in total. The van der Waals surface area contributed by atoms with Gasteiger partial charge in [0.25, 0.3) is 0 Å². The van der Waals surface area contributed by atoms with Crippen LogP contribution < -0.4 is 9.64 Å². The van der Waals surface area contributed by atoms with Crippen LogP contribution in [0.5, 0.6) is 5.75 Å². The number of methoxy groups -OCH3 is 1. The van der Waals surface area contributed by atoms with Crippen LogP contribution in [0.15, 0.2) is 78.9 Å². The second-order valence-corrected chi connectivity index (χ2v) is 9.43. The van der Waals surface area contributed by atoms with E-state index < -0.39 is 0 Å². The van der Waals surface area contributed by atoms with Crippen molar-refractivity contribution in [1.82, 2.24) is 4.90 Å². The van der Waals surface area contributed by atoms with Gasteiger partial charge in [-0.2, -0.15) is 0 Å². The summed E-state index contributed by atoms with van der Waals surface area (Å²) in [5.74, 6) is 1.78. The number of hydrogen-bond acceptors (Lipinski definition) is 4. The predicted molar refractivity (Wildman–Crippen MR) is 134 cm³/mol. The van der Waals surface area contributed by atoms with E-state index in [0.717, 1.165) is 30.1 Å². The number of benzene rings is 3. The van der Waals surface area contributed by atoms with Gasteiger partial charge in [-0.1, -0.05) is 66.7 Å². The van der Waals surface area contributed by atoms with E-state index in [0.29, 0.717) is 18.0 Å². The quantitative estimate of drug-likeness (QED) is 0.564. The Bertz CT molecular complexity index is 1010. The van der Waals surface area contributed by atoms with Crippen molar-refractivity contribution < 1.29 is 9.84 Å². The van der Waals surface area contributed by atoms with Crippen molar-refractivity contribution in [1.29, 1.82) is 0 Å². The number of nitrogens with zero attached hydrogens (tertiary/aromatic N) is 2. The first-order chi connectivity index (χ1) is 16.2. The second-order valence-electron chi connectivity index (χ2n) is 9.43. The summed E-state index contributed by atoms with van der Waals surface area (Å²) in [7, 11) is 3.95. The molecule has 3 aliphatic heterocycles. The third-order valence-corrected chi connectivity index (χ3v) is 7.74. The fourth-order valence-electron chi connectivity index (χ4n) is 6.18. The summed E-state index contributed by atoms with van der Waals surface area (Å²) in [4.78, 5) is 5.16. The van der Waals surface area contributed by atoms with E-state index in [4.69, 9.17) is 4.74 Å². The van der Waals surface area contributed by atoms with Crippen LogP contribution in [0.3, 0.4) is 0 Å². The van der Waals surface area contributed by atoms with Gasteiger partial charge >= 0.3 is 0 Å². The zero-order chi connectivity index (χ0) is 22.8. The Morgan fingerprint density at radius 2 is 1.55 bits per heavy atom. The molecule has 0 aliphatic carbocycles. The number of piperidine rings is 3. The van der Waals surface area contributed by atoms with Crippen molar-refractivity contribution in [2.45, 2.75) is 37.5 Å². The third kappa shape index (κ3) is 4.14. The predicted octanol–water partition coefficient (Wildman–Crippen LogP) is 4.92. The van der Waals surface area contributed by atoms with Gasteiger partial charge in [0.05, 0.1) is 19.4 Å². The Kier molecular flexibility index (Phi) is 6.39. The summed E-state index contributed by atoms with van der Waals surface area (Å²) in [5.41, 5.74) is 4.72. The van der Waals surface area contributed by atoms with Gasteiger partial charge in [-0.05, 0) is 60.7 Å². The van der Waals surface area contributed by atoms with Crippen LogP contribution in [0, 0.1) is 5.92 Å². The molecule has 0 amide bonds. The largest absolute Gasteiger partial charge is 0.495 e. The lowest BCUT2D eigenvalue weighted by Gasteiger charge is -2.56. The fourth-order valence-corrected chi connectivity index (χ4v) is 6.18. The van der Waals surface area contributed by atoms with Crippen molar-refractivity contribution in [2.75, 3.05) is 32.1 Å². The molecule has 3 aromatic rings. The van der Waals surface area contributed by atoms with Crippen LogP contribution in [0.4, 0.5) is 5.69 Å². The Balaban J connectivity index is 1.62. The molecule has 3 aromatic carbocycles. The van der Waals surface area contributed by atoms with E-state index in [9.17, 15) is 5.11 Å². The molecule has 0 aromatic heterocycles. The first kappa shape index (κ1) is 22.0. The maximum Gasteiger partial charge on any atom is 0.142 e. The van der Waals surface area contributed by atoms with Gasteiger partial charge in [-0.25, -0.2) is 0 Å². The van der Waals surface area contributed by atoms with Gasteiger partial charge < -0.3 is 14.7 Å². The third-order valence-electron chi connectivity index (χ3n) is 7.74. The van der Waals surface area contributed by atoms with Crippen LogP contribution >= 0.6 is 0 Å². The number of rotatable bonds is 7. The summed E-state index contributed by atoms with van der Waals surface area (Å²) in [6.07, 6.45) is 2.45. The molecular formula is C29H34N2O2. The smallest absolute Gasteiger partial charge is 0.142 e. The molecule has 3 aliphatic rings. The van der Waals surface area contributed by atoms with Gasteiger partial charge in [0, 0.05) is 25.0 Å². The molecule has 0 saturated carbocycles. The standard InChI is InChI=1S/C29H34N2O2/c1-30(25-19-21(20-32)13-14-26(25)33-2)28-24-15-17-31(18-16-24)29(28)27(22-9-5-3-6-10-22)23-11-7-4-8-12-23/h3-14,19,24,27-29,32H,15-18,20H2,1-2H3/t28-,29-/m1/s1.